The van der Waals surface area contributed by atoms with Gasteiger partial charge in [0.2, 0.25) is 0 Å². The lowest BCUT2D eigenvalue weighted by Gasteiger charge is -2.16. The van der Waals surface area contributed by atoms with Crippen molar-refractivity contribution in [3.8, 4) is 12.3 Å². The summed E-state index contributed by atoms with van der Waals surface area (Å²) >= 11 is 0. The van der Waals surface area contributed by atoms with Crippen LogP contribution in [0.2, 0.25) is 0 Å². The summed E-state index contributed by atoms with van der Waals surface area (Å²) in [5.74, 6) is 2.82. The first kappa shape index (κ1) is 15.6. The van der Waals surface area contributed by atoms with Crippen molar-refractivity contribution in [1.82, 2.24) is 0 Å². The molecule has 0 saturated heterocycles. The Labute approximate surface area is 116 Å². The molecule has 1 rings (SSSR count). The SMILES string of the molecule is C#CCC(CC)Nc1ccc(S(=O)(=O)CCC)cc1. The average molecular weight is 279 g/mol. The van der Waals surface area contributed by atoms with Gasteiger partial charge in [0.05, 0.1) is 10.6 Å². The summed E-state index contributed by atoms with van der Waals surface area (Å²) < 4.78 is 23.8. The Bertz CT molecular complexity index is 526. The Kier molecular flexibility index (Phi) is 5.91. The fraction of sp³-hybridized carbons (Fsp3) is 0.467. The van der Waals surface area contributed by atoms with Gasteiger partial charge in [-0.3, -0.25) is 0 Å². The van der Waals surface area contributed by atoms with Gasteiger partial charge in [-0.05, 0) is 37.1 Å². The normalized spacial score (nSPS) is 12.7. The third-order valence-electron chi connectivity index (χ3n) is 2.91. The molecule has 104 valence electrons. The van der Waals surface area contributed by atoms with E-state index in [4.69, 9.17) is 6.42 Å². The summed E-state index contributed by atoms with van der Waals surface area (Å²) in [4.78, 5) is 0.380. The second-order valence-corrected chi connectivity index (χ2v) is 6.61. The molecule has 0 aliphatic carbocycles. The molecule has 1 atom stereocenters. The van der Waals surface area contributed by atoms with E-state index in [0.29, 0.717) is 17.7 Å². The number of sulfone groups is 1. The van der Waals surface area contributed by atoms with Crippen LogP contribution < -0.4 is 5.32 Å². The highest BCUT2D eigenvalue weighted by atomic mass is 32.2. The fourth-order valence-electron chi connectivity index (χ4n) is 1.82. The van der Waals surface area contributed by atoms with Crippen LogP contribution in [0.25, 0.3) is 0 Å². The van der Waals surface area contributed by atoms with Gasteiger partial charge in [-0.1, -0.05) is 13.8 Å². The van der Waals surface area contributed by atoms with E-state index in [-0.39, 0.29) is 11.8 Å². The van der Waals surface area contributed by atoms with Gasteiger partial charge in [-0.2, -0.15) is 0 Å². The molecule has 0 aliphatic heterocycles. The highest BCUT2D eigenvalue weighted by molar-refractivity contribution is 7.91. The van der Waals surface area contributed by atoms with Crippen LogP contribution in [0.4, 0.5) is 5.69 Å². The lowest BCUT2D eigenvalue weighted by Crippen LogP contribution is -2.17. The summed E-state index contributed by atoms with van der Waals surface area (Å²) in [5, 5.41) is 3.30. The second-order valence-electron chi connectivity index (χ2n) is 4.50. The van der Waals surface area contributed by atoms with E-state index in [9.17, 15) is 8.42 Å². The summed E-state index contributed by atoms with van der Waals surface area (Å²) in [6, 6.07) is 7.11. The summed E-state index contributed by atoms with van der Waals surface area (Å²) in [6.45, 7) is 3.92. The van der Waals surface area contributed by atoms with Crippen LogP contribution in [0, 0.1) is 12.3 Å². The highest BCUT2D eigenvalue weighted by Gasteiger charge is 2.13. The summed E-state index contributed by atoms with van der Waals surface area (Å²) in [5.41, 5.74) is 0.901. The minimum Gasteiger partial charge on any atom is -0.381 e. The van der Waals surface area contributed by atoms with Crippen molar-refractivity contribution < 1.29 is 8.42 Å². The monoisotopic (exact) mass is 279 g/mol. The predicted octanol–water partition coefficient (Wildman–Crippen LogP) is 3.08. The van der Waals surface area contributed by atoms with Gasteiger partial charge in [0, 0.05) is 18.2 Å². The van der Waals surface area contributed by atoms with Gasteiger partial charge in [0.25, 0.3) is 0 Å². The second kappa shape index (κ2) is 7.20. The summed E-state index contributed by atoms with van der Waals surface area (Å²) in [6.07, 6.45) is 7.52. The van der Waals surface area contributed by atoms with E-state index in [0.717, 1.165) is 12.1 Å². The minimum atomic E-state index is -3.13. The zero-order valence-electron chi connectivity index (χ0n) is 11.5. The maximum absolute atomic E-state index is 11.9. The first-order valence-corrected chi connectivity index (χ1v) is 8.21. The number of hydrogen-bond donors (Lipinski definition) is 1. The van der Waals surface area contributed by atoms with Crippen LogP contribution in [0.1, 0.15) is 33.1 Å². The smallest absolute Gasteiger partial charge is 0.178 e. The molecule has 0 bridgehead atoms. The number of hydrogen-bond acceptors (Lipinski definition) is 3. The molecule has 0 saturated carbocycles. The largest absolute Gasteiger partial charge is 0.381 e. The number of nitrogens with one attached hydrogen (secondary N) is 1. The van der Waals surface area contributed by atoms with Crippen molar-refractivity contribution >= 4 is 15.5 Å². The molecule has 0 heterocycles. The molecule has 0 radical (unpaired) electrons. The van der Waals surface area contributed by atoms with E-state index in [2.05, 4.69) is 18.2 Å². The number of benzene rings is 1. The first-order chi connectivity index (χ1) is 9.03. The van der Waals surface area contributed by atoms with Gasteiger partial charge >= 0.3 is 0 Å². The van der Waals surface area contributed by atoms with Crippen LogP contribution in [0.5, 0.6) is 0 Å². The molecular weight excluding hydrogens is 258 g/mol. The first-order valence-electron chi connectivity index (χ1n) is 6.56. The lowest BCUT2D eigenvalue weighted by atomic mass is 10.1. The molecule has 1 N–H and O–H groups in total. The van der Waals surface area contributed by atoms with E-state index in [1.807, 2.05) is 6.92 Å². The van der Waals surface area contributed by atoms with Crippen molar-refractivity contribution in [3.63, 3.8) is 0 Å². The molecule has 4 heteroatoms. The van der Waals surface area contributed by atoms with Crippen LogP contribution >= 0.6 is 0 Å². The molecule has 1 unspecified atom stereocenters. The van der Waals surface area contributed by atoms with Crippen LogP contribution in [-0.2, 0) is 9.84 Å². The minimum absolute atomic E-state index is 0.189. The predicted molar refractivity (Wildman–Crippen MR) is 79.9 cm³/mol. The maximum Gasteiger partial charge on any atom is 0.178 e. The third-order valence-corrected chi connectivity index (χ3v) is 4.85. The average Bonchev–Trinajstić information content (AvgIpc) is 2.39. The Morgan fingerprint density at radius 2 is 1.89 bits per heavy atom. The standard InChI is InChI=1S/C15H21NO2S/c1-4-7-13(6-3)16-14-8-10-15(11-9-14)19(17,18)12-5-2/h1,8-11,13,16H,5-7,12H2,2-3H3. The van der Waals surface area contributed by atoms with Crippen LogP contribution in [-0.4, -0.2) is 20.2 Å². The topological polar surface area (TPSA) is 46.2 Å². The zero-order chi connectivity index (χ0) is 14.3. The number of anilines is 1. The van der Waals surface area contributed by atoms with Gasteiger partial charge < -0.3 is 5.32 Å². The molecule has 3 nitrogen and oxygen atoms in total. The van der Waals surface area contributed by atoms with Crippen molar-refractivity contribution in [2.75, 3.05) is 11.1 Å². The highest BCUT2D eigenvalue weighted by Crippen LogP contribution is 2.17. The van der Waals surface area contributed by atoms with E-state index < -0.39 is 9.84 Å². The molecule has 1 aromatic carbocycles. The quantitative estimate of drug-likeness (QED) is 0.780. The molecule has 0 amide bonds. The molecule has 0 aromatic heterocycles. The molecule has 19 heavy (non-hydrogen) atoms. The Morgan fingerprint density at radius 3 is 2.37 bits per heavy atom. The molecule has 0 fully saturated rings. The van der Waals surface area contributed by atoms with Gasteiger partial charge in [-0.15, -0.1) is 12.3 Å². The van der Waals surface area contributed by atoms with E-state index in [1.54, 1.807) is 24.3 Å². The molecule has 1 aromatic rings. The van der Waals surface area contributed by atoms with Crippen LogP contribution in [0.15, 0.2) is 29.2 Å². The Morgan fingerprint density at radius 1 is 1.26 bits per heavy atom. The summed E-state index contributed by atoms with van der Waals surface area (Å²) in [7, 11) is -3.13. The molecule has 0 spiro atoms. The molecular formula is C15H21NO2S. The van der Waals surface area contributed by atoms with E-state index in [1.165, 1.54) is 0 Å². The third kappa shape index (κ3) is 4.60. The van der Waals surface area contributed by atoms with Crippen molar-refractivity contribution in [2.45, 2.75) is 44.0 Å². The maximum atomic E-state index is 11.9. The van der Waals surface area contributed by atoms with Crippen molar-refractivity contribution in [3.05, 3.63) is 24.3 Å². The number of rotatable bonds is 7. The zero-order valence-corrected chi connectivity index (χ0v) is 12.3. The van der Waals surface area contributed by atoms with Crippen LogP contribution in [0.3, 0.4) is 0 Å². The Balaban J connectivity index is 2.80. The fourth-order valence-corrected chi connectivity index (χ4v) is 3.14. The van der Waals surface area contributed by atoms with Gasteiger partial charge in [-0.25, -0.2) is 8.42 Å². The lowest BCUT2D eigenvalue weighted by molar-refractivity contribution is 0.594. The Hall–Kier alpha value is -1.47. The number of terminal acetylenes is 1. The van der Waals surface area contributed by atoms with Crippen molar-refractivity contribution in [2.24, 2.45) is 0 Å². The van der Waals surface area contributed by atoms with E-state index >= 15 is 0 Å². The van der Waals surface area contributed by atoms with Gasteiger partial charge in [0.1, 0.15) is 0 Å². The van der Waals surface area contributed by atoms with Gasteiger partial charge in [0.15, 0.2) is 9.84 Å². The molecule has 0 aliphatic rings. The van der Waals surface area contributed by atoms with Crippen molar-refractivity contribution in [1.29, 1.82) is 0 Å².